The largest absolute Gasteiger partial charge is 0.392 e. The SMILES string of the molecule is N#Cc1cccc(C2(O)C3CC4CC2CC(C(O)CC2c5ccccc5-c5cncn52)(C4)C3)c1. The topological polar surface area (TPSA) is 82.1 Å². The summed E-state index contributed by atoms with van der Waals surface area (Å²) in [5, 5.41) is 33.3. The summed E-state index contributed by atoms with van der Waals surface area (Å²) < 4.78 is 2.22. The van der Waals surface area contributed by atoms with Crippen molar-refractivity contribution in [3.05, 3.63) is 77.7 Å². The van der Waals surface area contributed by atoms with E-state index >= 15 is 0 Å². The standard InChI is InChI=1S/C29H29N3O2/c30-15-18-4-3-5-20(8-18)29(34)21-9-19-10-22(29)14-28(12-19,13-21)27(33)11-25-23-6-1-2-7-24(23)26-16-31-17-32(25)26/h1-8,16-17,19,21-22,25,27,33-34H,9-14H2. The van der Waals surface area contributed by atoms with Gasteiger partial charge in [-0.3, -0.25) is 0 Å². The van der Waals surface area contributed by atoms with E-state index in [0.29, 0.717) is 17.9 Å². The first-order valence-corrected chi connectivity index (χ1v) is 12.5. The summed E-state index contributed by atoms with van der Waals surface area (Å²) in [6.07, 6.45) is 8.84. The van der Waals surface area contributed by atoms with Gasteiger partial charge in [-0.15, -0.1) is 0 Å². The molecule has 2 N–H and O–H groups in total. The lowest BCUT2D eigenvalue weighted by molar-refractivity contribution is -0.230. The Kier molecular flexibility index (Phi) is 4.23. The van der Waals surface area contributed by atoms with Gasteiger partial charge in [-0.2, -0.15) is 5.26 Å². The van der Waals surface area contributed by atoms with E-state index in [0.717, 1.165) is 43.4 Å². The number of hydrogen-bond acceptors (Lipinski definition) is 4. The molecule has 2 heterocycles. The van der Waals surface area contributed by atoms with E-state index in [1.807, 2.05) is 30.7 Å². The number of benzene rings is 2. The minimum Gasteiger partial charge on any atom is -0.392 e. The number of nitriles is 1. The van der Waals surface area contributed by atoms with Crippen molar-refractivity contribution in [1.29, 1.82) is 5.26 Å². The van der Waals surface area contributed by atoms with Crippen LogP contribution in [0.4, 0.5) is 0 Å². The summed E-state index contributed by atoms with van der Waals surface area (Å²) in [7, 11) is 0. The molecule has 5 aliphatic rings. The van der Waals surface area contributed by atoms with Crippen molar-refractivity contribution < 1.29 is 10.2 Å². The van der Waals surface area contributed by atoms with E-state index in [1.54, 1.807) is 6.07 Å². The summed E-state index contributed by atoms with van der Waals surface area (Å²) in [6, 6.07) is 18.4. The fourth-order valence-corrected chi connectivity index (χ4v) is 8.40. The van der Waals surface area contributed by atoms with Crippen molar-refractivity contribution in [1.82, 2.24) is 9.55 Å². The molecule has 1 aromatic heterocycles. The van der Waals surface area contributed by atoms with Crippen molar-refractivity contribution in [2.45, 2.75) is 56.3 Å². The van der Waals surface area contributed by atoms with Gasteiger partial charge in [0.2, 0.25) is 0 Å². The summed E-state index contributed by atoms with van der Waals surface area (Å²) in [4.78, 5) is 4.38. The predicted molar refractivity (Wildman–Crippen MR) is 127 cm³/mol. The summed E-state index contributed by atoms with van der Waals surface area (Å²) in [6.45, 7) is 0. The third kappa shape index (κ3) is 2.64. The molecule has 4 unspecified atom stereocenters. The second-order valence-electron chi connectivity index (χ2n) is 11.3. The smallest absolute Gasteiger partial charge is 0.0991 e. The van der Waals surface area contributed by atoms with Gasteiger partial charge in [0.05, 0.1) is 47.6 Å². The third-order valence-electron chi connectivity index (χ3n) is 9.69. The van der Waals surface area contributed by atoms with Crippen LogP contribution in [0.5, 0.6) is 0 Å². The molecule has 0 spiro atoms. The quantitative estimate of drug-likeness (QED) is 0.598. The van der Waals surface area contributed by atoms with Crippen molar-refractivity contribution in [2.24, 2.45) is 23.2 Å². The second-order valence-corrected chi connectivity index (χ2v) is 11.3. The maximum absolute atomic E-state index is 12.1. The molecule has 8 rings (SSSR count). The number of aliphatic hydroxyl groups excluding tert-OH is 1. The molecule has 4 aliphatic carbocycles. The van der Waals surface area contributed by atoms with Crippen LogP contribution in [0.3, 0.4) is 0 Å². The van der Waals surface area contributed by atoms with E-state index in [1.165, 1.54) is 11.1 Å². The Balaban J connectivity index is 1.21. The molecule has 5 heteroatoms. The van der Waals surface area contributed by atoms with Crippen LogP contribution in [0.1, 0.15) is 61.3 Å². The maximum atomic E-state index is 12.1. The lowest BCUT2D eigenvalue weighted by atomic mass is 9.42. The molecule has 4 atom stereocenters. The third-order valence-corrected chi connectivity index (χ3v) is 9.69. The zero-order valence-corrected chi connectivity index (χ0v) is 19.1. The van der Waals surface area contributed by atoms with Crippen molar-refractivity contribution >= 4 is 0 Å². The van der Waals surface area contributed by atoms with Gasteiger partial charge < -0.3 is 14.8 Å². The molecule has 34 heavy (non-hydrogen) atoms. The average molecular weight is 452 g/mol. The van der Waals surface area contributed by atoms with E-state index < -0.39 is 11.7 Å². The zero-order chi connectivity index (χ0) is 23.1. The molecule has 4 fully saturated rings. The molecule has 2 aromatic carbocycles. The molecule has 0 radical (unpaired) electrons. The maximum Gasteiger partial charge on any atom is 0.0991 e. The molecule has 172 valence electrons. The first kappa shape index (κ1) is 20.4. The Hall–Kier alpha value is -2.94. The Bertz CT molecular complexity index is 1300. The summed E-state index contributed by atoms with van der Waals surface area (Å²) >= 11 is 0. The van der Waals surface area contributed by atoms with Crippen LogP contribution in [0.2, 0.25) is 0 Å². The lowest BCUT2D eigenvalue weighted by Crippen LogP contribution is -2.62. The molecule has 3 aromatic rings. The van der Waals surface area contributed by atoms with Crippen LogP contribution in [-0.2, 0) is 5.60 Å². The molecule has 4 saturated carbocycles. The van der Waals surface area contributed by atoms with Gasteiger partial charge in [-0.25, -0.2) is 4.98 Å². The summed E-state index contributed by atoms with van der Waals surface area (Å²) in [5.74, 6) is 0.815. The van der Waals surface area contributed by atoms with Gasteiger partial charge in [0.25, 0.3) is 0 Å². The number of imidazole rings is 1. The van der Waals surface area contributed by atoms with E-state index in [-0.39, 0.29) is 23.3 Å². The minimum atomic E-state index is -0.898. The van der Waals surface area contributed by atoms with Crippen LogP contribution in [0.25, 0.3) is 11.3 Å². The monoisotopic (exact) mass is 451 g/mol. The first-order chi connectivity index (χ1) is 16.5. The molecule has 1 aliphatic heterocycles. The second kappa shape index (κ2) is 7.04. The highest BCUT2D eigenvalue weighted by atomic mass is 16.3. The van der Waals surface area contributed by atoms with Gasteiger partial charge in [-0.05, 0) is 85.0 Å². The molecule has 4 bridgehead atoms. The number of rotatable bonds is 4. The van der Waals surface area contributed by atoms with Gasteiger partial charge in [0.15, 0.2) is 0 Å². The number of fused-ring (bicyclic) bond motifs is 3. The Morgan fingerprint density at radius 3 is 2.68 bits per heavy atom. The number of aromatic nitrogens is 2. The molecular weight excluding hydrogens is 422 g/mol. The fourth-order valence-electron chi connectivity index (χ4n) is 8.40. The number of aliphatic hydroxyl groups is 2. The van der Waals surface area contributed by atoms with E-state index in [2.05, 4.69) is 39.9 Å². The summed E-state index contributed by atoms with van der Waals surface area (Å²) in [5.41, 5.74) is 4.06. The van der Waals surface area contributed by atoms with Crippen LogP contribution >= 0.6 is 0 Å². The number of nitrogens with zero attached hydrogens (tertiary/aromatic N) is 3. The van der Waals surface area contributed by atoms with Crippen molar-refractivity contribution in [2.75, 3.05) is 0 Å². The van der Waals surface area contributed by atoms with Crippen LogP contribution in [-0.4, -0.2) is 25.9 Å². The Morgan fingerprint density at radius 2 is 1.88 bits per heavy atom. The van der Waals surface area contributed by atoms with Crippen LogP contribution < -0.4 is 0 Å². The van der Waals surface area contributed by atoms with Gasteiger partial charge >= 0.3 is 0 Å². The number of hydrogen-bond donors (Lipinski definition) is 2. The van der Waals surface area contributed by atoms with Gasteiger partial charge in [0.1, 0.15) is 0 Å². The molecular formula is C29H29N3O2. The fraction of sp³-hybridized carbons (Fsp3) is 0.448. The lowest BCUT2D eigenvalue weighted by Gasteiger charge is -2.65. The Labute approximate surface area is 199 Å². The zero-order valence-electron chi connectivity index (χ0n) is 19.1. The predicted octanol–water partition coefficient (Wildman–Crippen LogP) is 4.79. The molecule has 5 nitrogen and oxygen atoms in total. The van der Waals surface area contributed by atoms with E-state index in [9.17, 15) is 15.5 Å². The van der Waals surface area contributed by atoms with Gasteiger partial charge in [0, 0.05) is 5.56 Å². The molecule has 0 saturated heterocycles. The van der Waals surface area contributed by atoms with Crippen molar-refractivity contribution in [3.63, 3.8) is 0 Å². The highest BCUT2D eigenvalue weighted by Crippen LogP contribution is 2.68. The van der Waals surface area contributed by atoms with Crippen LogP contribution in [0.15, 0.2) is 61.1 Å². The highest BCUT2D eigenvalue weighted by Gasteiger charge is 2.64. The average Bonchev–Trinajstić information content (AvgIpc) is 3.44. The first-order valence-electron chi connectivity index (χ1n) is 12.5. The van der Waals surface area contributed by atoms with E-state index in [4.69, 9.17) is 0 Å². The van der Waals surface area contributed by atoms with Crippen LogP contribution in [0, 0.1) is 34.5 Å². The highest BCUT2D eigenvalue weighted by molar-refractivity contribution is 5.68. The minimum absolute atomic E-state index is 0.0999. The Morgan fingerprint density at radius 1 is 1.09 bits per heavy atom. The van der Waals surface area contributed by atoms with Gasteiger partial charge in [-0.1, -0.05) is 36.4 Å². The normalized spacial score (nSPS) is 35.6. The molecule has 0 amide bonds. The van der Waals surface area contributed by atoms with Crippen molar-refractivity contribution in [3.8, 4) is 17.3 Å².